The molecule has 2 heterocycles. The summed E-state index contributed by atoms with van der Waals surface area (Å²) >= 11 is 0. The van der Waals surface area contributed by atoms with Gasteiger partial charge in [0.15, 0.2) is 0 Å². The first-order valence-electron chi connectivity index (χ1n) is 13.4. The molecular weight excluding hydrogens is 521 g/mol. The van der Waals surface area contributed by atoms with Crippen LogP contribution < -0.4 is 10.6 Å². The van der Waals surface area contributed by atoms with Crippen LogP contribution in [0.2, 0.25) is 58.9 Å². The molecule has 3 aliphatic rings. The molecule has 1 unspecified atom stereocenters. The Labute approximate surface area is 224 Å². The van der Waals surface area contributed by atoms with Gasteiger partial charge in [-0.25, -0.2) is 0 Å². The van der Waals surface area contributed by atoms with Crippen molar-refractivity contribution >= 4 is 60.4 Å². The summed E-state index contributed by atoms with van der Waals surface area (Å²) in [5.74, 6) is 0.492. The number of nitrogens with zero attached hydrogens (tertiary/aromatic N) is 1. The maximum Gasteiger partial charge on any atom is 0.0814 e. The van der Waals surface area contributed by atoms with Crippen molar-refractivity contribution in [3.8, 4) is 0 Å². The van der Waals surface area contributed by atoms with Crippen molar-refractivity contribution in [2.24, 2.45) is 10.7 Å². The topological polar surface area (TPSA) is 12.4 Å². The van der Waals surface area contributed by atoms with Gasteiger partial charge >= 0.3 is 0 Å². The van der Waals surface area contributed by atoms with Crippen molar-refractivity contribution in [1.29, 1.82) is 0 Å². The lowest BCUT2D eigenvalue weighted by atomic mass is 9.96. The lowest BCUT2D eigenvalue weighted by molar-refractivity contribution is 0.891. The van der Waals surface area contributed by atoms with Crippen molar-refractivity contribution in [3.05, 3.63) is 84.2 Å². The van der Waals surface area contributed by atoms with Gasteiger partial charge in [0.25, 0.3) is 0 Å². The minimum absolute atomic E-state index is 0.407. The molecule has 2 aromatic carbocycles. The molecule has 0 fully saturated rings. The third-order valence-corrected chi connectivity index (χ3v) is 33.6. The van der Waals surface area contributed by atoms with Gasteiger partial charge in [0, 0.05) is 25.4 Å². The summed E-state index contributed by atoms with van der Waals surface area (Å²) in [7, 11) is -4.90. The molecule has 0 bridgehead atoms. The van der Waals surface area contributed by atoms with E-state index in [1.54, 1.807) is 15.9 Å². The zero-order valence-corrected chi connectivity index (χ0v) is 28.4. The van der Waals surface area contributed by atoms with Gasteiger partial charge in [0.05, 0.1) is 24.2 Å². The molecule has 0 radical (unpaired) electrons. The van der Waals surface area contributed by atoms with Gasteiger partial charge in [-0.2, -0.15) is 0 Å². The summed E-state index contributed by atoms with van der Waals surface area (Å²) in [6.45, 7) is 21.5. The normalized spacial score (nSPS) is 25.2. The molecule has 0 saturated heterocycles. The van der Waals surface area contributed by atoms with Crippen LogP contribution >= 0.6 is 15.0 Å². The Balaban J connectivity index is 1.91. The van der Waals surface area contributed by atoms with Crippen molar-refractivity contribution in [3.63, 3.8) is 0 Å². The molecule has 2 aromatic rings. The minimum Gasteiger partial charge on any atom is -0.265 e. The van der Waals surface area contributed by atoms with Crippen LogP contribution in [0.15, 0.2) is 89.0 Å². The van der Waals surface area contributed by atoms with Gasteiger partial charge in [-0.05, 0) is 32.6 Å². The van der Waals surface area contributed by atoms with E-state index in [2.05, 4.69) is 138 Å². The first-order valence-corrected chi connectivity index (χ1v) is 27.3. The lowest BCUT2D eigenvalue weighted by Crippen LogP contribution is -2.53. The Morgan fingerprint density at radius 2 is 1.25 bits per heavy atom. The molecule has 0 N–H and O–H groups in total. The molecular formula is C30H43NP2Si3. The predicted octanol–water partition coefficient (Wildman–Crippen LogP) is 8.13. The van der Waals surface area contributed by atoms with Crippen LogP contribution in [0.3, 0.4) is 0 Å². The van der Waals surface area contributed by atoms with Crippen molar-refractivity contribution < 1.29 is 0 Å². The van der Waals surface area contributed by atoms with E-state index in [0.717, 1.165) is 4.91 Å². The highest BCUT2D eigenvalue weighted by Crippen LogP contribution is 2.73. The van der Waals surface area contributed by atoms with Crippen LogP contribution in [0.5, 0.6) is 0 Å². The standard InChI is InChI=1S/C30H43NP2Si3/c1-34(2,3)29-28-27-25(32(31-28)30(35(4,5)6)36(7,8)9)21-16-22-26(27)33(29,23-17-12-10-13-18-23)24-19-14-11-15-20-24/h10-22,25,27,30H,1-9H3/t25-,27-,32?/m0/s1. The number of allylic oxidation sites excluding steroid dienone is 4. The Hall–Kier alpha value is -1.03. The van der Waals surface area contributed by atoms with Gasteiger partial charge in [-0.3, -0.25) is 4.76 Å². The second-order valence-electron chi connectivity index (χ2n) is 13.9. The van der Waals surface area contributed by atoms with Gasteiger partial charge < -0.3 is 0 Å². The Bertz CT molecular complexity index is 1250. The fourth-order valence-electron chi connectivity index (χ4n) is 7.49. The predicted molar refractivity (Wildman–Crippen MR) is 177 cm³/mol. The molecule has 1 nitrogen and oxygen atoms in total. The molecule has 2 aliphatic heterocycles. The van der Waals surface area contributed by atoms with E-state index in [9.17, 15) is 0 Å². The Morgan fingerprint density at radius 3 is 1.69 bits per heavy atom. The fraction of sp³-hybridized carbons (Fsp3) is 0.400. The van der Waals surface area contributed by atoms with Gasteiger partial charge in [-0.15, -0.1) is 0 Å². The van der Waals surface area contributed by atoms with Crippen LogP contribution in [-0.4, -0.2) is 45.4 Å². The van der Waals surface area contributed by atoms with E-state index in [1.807, 2.05) is 0 Å². The third-order valence-electron chi connectivity index (χ3n) is 7.93. The molecule has 0 aromatic heterocycles. The average Bonchev–Trinajstić information content (AvgIpc) is 3.29. The van der Waals surface area contributed by atoms with Gasteiger partial charge in [0.1, 0.15) is 0 Å². The summed E-state index contributed by atoms with van der Waals surface area (Å²) in [5, 5.41) is 4.77. The molecule has 0 amide bonds. The molecule has 0 spiro atoms. The molecule has 6 heteroatoms. The van der Waals surface area contributed by atoms with Crippen LogP contribution in [0.25, 0.3) is 0 Å². The molecule has 0 saturated carbocycles. The van der Waals surface area contributed by atoms with Gasteiger partial charge in [0.2, 0.25) is 0 Å². The number of benzene rings is 2. The summed E-state index contributed by atoms with van der Waals surface area (Å²) in [4.78, 5) is 2.63. The molecule has 1 aliphatic carbocycles. The quantitative estimate of drug-likeness (QED) is 0.249. The summed E-state index contributed by atoms with van der Waals surface area (Å²) in [5.41, 5.74) is 2.13. The zero-order valence-electron chi connectivity index (χ0n) is 23.6. The lowest BCUT2D eigenvalue weighted by Gasteiger charge is -2.44. The smallest absolute Gasteiger partial charge is 0.0814 e. The summed E-state index contributed by atoms with van der Waals surface area (Å²) in [6, 6.07) is 23.1. The number of hydrogen-bond donors (Lipinski definition) is 0. The third kappa shape index (κ3) is 4.07. The highest BCUT2D eigenvalue weighted by molar-refractivity contribution is 7.98. The first kappa shape index (κ1) is 26.6. The maximum absolute atomic E-state index is 6.00. The van der Waals surface area contributed by atoms with Gasteiger partial charge in [-0.1, -0.05) is 138 Å². The van der Waals surface area contributed by atoms with E-state index in [0.29, 0.717) is 11.6 Å². The second kappa shape index (κ2) is 9.02. The summed E-state index contributed by atoms with van der Waals surface area (Å²) < 4.78 is 6.00. The van der Waals surface area contributed by atoms with Crippen LogP contribution in [0.1, 0.15) is 0 Å². The average molecular weight is 564 g/mol. The van der Waals surface area contributed by atoms with E-state index in [-0.39, 0.29) is 0 Å². The molecule has 190 valence electrons. The van der Waals surface area contributed by atoms with Crippen molar-refractivity contribution in [2.45, 2.75) is 69.5 Å². The monoisotopic (exact) mass is 563 g/mol. The van der Waals surface area contributed by atoms with Crippen LogP contribution in [-0.2, 0) is 0 Å². The van der Waals surface area contributed by atoms with E-state index < -0.39 is 39.2 Å². The summed E-state index contributed by atoms with van der Waals surface area (Å²) in [6.07, 6.45) is 7.56. The van der Waals surface area contributed by atoms with Crippen LogP contribution in [0.4, 0.5) is 0 Å². The zero-order chi connectivity index (χ0) is 26.1. The molecule has 5 rings (SSSR count). The first-order chi connectivity index (χ1) is 16.8. The number of rotatable bonds is 6. The van der Waals surface area contributed by atoms with E-state index in [1.165, 1.54) is 10.6 Å². The Kier molecular flexibility index (Phi) is 6.66. The fourth-order valence-corrected chi connectivity index (χ4v) is 38.5. The largest absolute Gasteiger partial charge is 0.265 e. The Morgan fingerprint density at radius 1 is 0.750 bits per heavy atom. The highest BCUT2D eigenvalue weighted by atomic mass is 31.2. The maximum atomic E-state index is 6.00. The van der Waals surface area contributed by atoms with Crippen molar-refractivity contribution in [2.75, 3.05) is 0 Å². The second-order valence-corrected chi connectivity index (χ2v) is 36.9. The number of hydrogen-bond acceptors (Lipinski definition) is 1. The molecule has 3 atom stereocenters. The SMILES string of the molecule is C[Si](C)(C)C1=P(c2ccccc2)(c2ccccc2)C2=CC=C[C@H]3[C@@H]2C1=NP3C([Si](C)(C)C)[Si](C)(C)C. The minimum atomic E-state index is -1.90. The molecule has 36 heavy (non-hydrogen) atoms. The van der Waals surface area contributed by atoms with E-state index in [4.69, 9.17) is 4.76 Å². The van der Waals surface area contributed by atoms with Crippen molar-refractivity contribution in [1.82, 2.24) is 0 Å². The van der Waals surface area contributed by atoms with Crippen LogP contribution in [0, 0.1) is 5.92 Å². The van der Waals surface area contributed by atoms with E-state index >= 15 is 0 Å². The highest BCUT2D eigenvalue weighted by Gasteiger charge is 2.58.